The fraction of sp³-hybridized carbons (Fsp3) is 0.292. The van der Waals surface area contributed by atoms with E-state index in [0.29, 0.717) is 44.5 Å². The minimum absolute atomic E-state index is 0.0636. The van der Waals surface area contributed by atoms with Crippen LogP contribution in [0.25, 0.3) is 22.3 Å². The third-order valence-corrected chi connectivity index (χ3v) is 5.65. The lowest BCUT2D eigenvalue weighted by Gasteiger charge is -2.14. The number of carbonyl (C=O) groups excluding carboxylic acids is 1. The molecule has 0 atom stereocenters. The van der Waals surface area contributed by atoms with E-state index in [1.165, 1.54) is 14.2 Å². The van der Waals surface area contributed by atoms with Crippen LogP contribution in [0.2, 0.25) is 5.02 Å². The summed E-state index contributed by atoms with van der Waals surface area (Å²) < 4.78 is 18.1. The first-order valence-electron chi connectivity index (χ1n) is 10.4. The number of aromatic nitrogens is 3. The molecule has 4 rings (SSSR count). The molecule has 0 aliphatic heterocycles. The van der Waals surface area contributed by atoms with Gasteiger partial charge in [0.1, 0.15) is 11.5 Å². The molecule has 1 aromatic carbocycles. The molecule has 3 aromatic heterocycles. The number of methoxy groups -OCH3 is 2. The van der Waals surface area contributed by atoms with Gasteiger partial charge in [-0.05, 0) is 39.8 Å². The number of carbonyl (C=O) groups is 1. The van der Waals surface area contributed by atoms with Crippen LogP contribution < -0.4 is 14.8 Å². The SMILES string of the molecule is COc1cc(Cl)c(NC(=O)c2cc(-c3cc(C)oc3C)nc3c2cnn3C(C)C)cc1OC. The quantitative estimate of drug-likeness (QED) is 0.384. The number of halogens is 1. The van der Waals surface area contributed by atoms with E-state index in [1.807, 2.05) is 33.8 Å². The number of fused-ring (bicyclic) bond motifs is 1. The molecule has 4 aromatic rings. The highest BCUT2D eigenvalue weighted by molar-refractivity contribution is 6.34. The molecule has 33 heavy (non-hydrogen) atoms. The number of aryl methyl sites for hydroxylation is 2. The molecule has 0 unspecified atom stereocenters. The number of furan rings is 1. The molecule has 0 aliphatic carbocycles. The van der Waals surface area contributed by atoms with Crippen molar-refractivity contribution in [2.45, 2.75) is 33.7 Å². The van der Waals surface area contributed by atoms with Crippen LogP contribution >= 0.6 is 11.6 Å². The largest absolute Gasteiger partial charge is 0.493 e. The maximum absolute atomic E-state index is 13.5. The average molecular weight is 469 g/mol. The smallest absolute Gasteiger partial charge is 0.256 e. The highest BCUT2D eigenvalue weighted by atomic mass is 35.5. The van der Waals surface area contributed by atoms with E-state index in [2.05, 4.69) is 10.4 Å². The highest BCUT2D eigenvalue weighted by Crippen LogP contribution is 2.37. The zero-order valence-corrected chi connectivity index (χ0v) is 20.1. The van der Waals surface area contributed by atoms with Gasteiger partial charge in [-0.25, -0.2) is 9.67 Å². The molecular weight excluding hydrogens is 444 g/mol. The topological polar surface area (TPSA) is 91.4 Å². The fourth-order valence-electron chi connectivity index (χ4n) is 3.75. The van der Waals surface area contributed by atoms with Crippen LogP contribution in [0.4, 0.5) is 5.69 Å². The minimum atomic E-state index is -0.348. The van der Waals surface area contributed by atoms with Gasteiger partial charge in [-0.2, -0.15) is 5.10 Å². The Labute approximate surface area is 196 Å². The zero-order chi connectivity index (χ0) is 23.9. The molecule has 0 fully saturated rings. The van der Waals surface area contributed by atoms with Crippen molar-refractivity contribution in [3.8, 4) is 22.8 Å². The number of benzene rings is 1. The van der Waals surface area contributed by atoms with Crippen molar-refractivity contribution in [3.05, 3.63) is 52.6 Å². The summed E-state index contributed by atoms with van der Waals surface area (Å²) in [4.78, 5) is 18.3. The Kier molecular flexibility index (Phi) is 6.03. The third-order valence-electron chi connectivity index (χ3n) is 5.34. The number of nitrogens with one attached hydrogen (secondary N) is 1. The summed E-state index contributed by atoms with van der Waals surface area (Å²) in [6.07, 6.45) is 1.66. The van der Waals surface area contributed by atoms with Crippen molar-refractivity contribution in [1.82, 2.24) is 14.8 Å². The molecule has 0 aliphatic rings. The molecule has 9 heteroatoms. The van der Waals surface area contributed by atoms with Crippen molar-refractivity contribution >= 4 is 34.2 Å². The van der Waals surface area contributed by atoms with E-state index < -0.39 is 0 Å². The second kappa shape index (κ2) is 8.78. The number of nitrogens with zero attached hydrogens (tertiary/aromatic N) is 3. The predicted molar refractivity (Wildman–Crippen MR) is 128 cm³/mol. The van der Waals surface area contributed by atoms with E-state index >= 15 is 0 Å². The van der Waals surface area contributed by atoms with Crippen LogP contribution in [0.3, 0.4) is 0 Å². The van der Waals surface area contributed by atoms with Gasteiger partial charge in [0.15, 0.2) is 17.1 Å². The molecule has 8 nitrogen and oxygen atoms in total. The van der Waals surface area contributed by atoms with Gasteiger partial charge in [-0.3, -0.25) is 4.79 Å². The van der Waals surface area contributed by atoms with Gasteiger partial charge in [-0.1, -0.05) is 11.6 Å². The second-order valence-electron chi connectivity index (χ2n) is 7.94. The summed E-state index contributed by atoms with van der Waals surface area (Å²) in [6.45, 7) is 7.77. The number of amides is 1. The first-order chi connectivity index (χ1) is 15.7. The predicted octanol–water partition coefficient (Wildman–Crippen LogP) is 5.81. The molecule has 1 N–H and O–H groups in total. The van der Waals surface area contributed by atoms with Gasteiger partial charge < -0.3 is 19.2 Å². The molecule has 0 spiro atoms. The summed E-state index contributed by atoms with van der Waals surface area (Å²) in [7, 11) is 3.04. The summed E-state index contributed by atoms with van der Waals surface area (Å²) >= 11 is 6.39. The monoisotopic (exact) mass is 468 g/mol. The Morgan fingerprint density at radius 3 is 2.42 bits per heavy atom. The van der Waals surface area contributed by atoms with Crippen LogP contribution in [-0.2, 0) is 0 Å². The van der Waals surface area contributed by atoms with Crippen molar-refractivity contribution in [1.29, 1.82) is 0 Å². The summed E-state index contributed by atoms with van der Waals surface area (Å²) in [6, 6.07) is 6.94. The molecule has 172 valence electrons. The van der Waals surface area contributed by atoms with Gasteiger partial charge in [0.25, 0.3) is 5.91 Å². The van der Waals surface area contributed by atoms with Crippen LogP contribution in [-0.4, -0.2) is 34.9 Å². The number of rotatable bonds is 6. The Morgan fingerprint density at radius 1 is 1.12 bits per heavy atom. The lowest BCUT2D eigenvalue weighted by molar-refractivity contribution is 0.102. The second-order valence-corrected chi connectivity index (χ2v) is 8.35. The van der Waals surface area contributed by atoms with Crippen molar-refractivity contribution in [3.63, 3.8) is 0 Å². The molecule has 0 saturated heterocycles. The van der Waals surface area contributed by atoms with E-state index in [9.17, 15) is 4.79 Å². The normalized spacial score (nSPS) is 11.3. The summed E-state index contributed by atoms with van der Waals surface area (Å²) in [5.74, 6) is 2.07. The van der Waals surface area contributed by atoms with E-state index in [4.69, 9.17) is 30.5 Å². The number of anilines is 1. The maximum atomic E-state index is 13.5. The molecular formula is C24H25ClN4O4. The molecule has 0 bridgehead atoms. The highest BCUT2D eigenvalue weighted by Gasteiger charge is 2.21. The standard InChI is InChI=1S/C24H25ClN4O4/c1-12(2)29-23-17(11-26-29)16(8-19(27-23)15-7-13(3)33-14(15)4)24(30)28-20-10-22(32-6)21(31-5)9-18(20)25/h7-12H,1-6H3,(H,28,30). The first-order valence-corrected chi connectivity index (χ1v) is 10.8. The van der Waals surface area contributed by atoms with Crippen LogP contribution in [0.5, 0.6) is 11.5 Å². The third kappa shape index (κ3) is 4.14. The molecule has 0 radical (unpaired) electrons. The fourth-order valence-corrected chi connectivity index (χ4v) is 3.95. The molecule has 3 heterocycles. The van der Waals surface area contributed by atoms with Crippen molar-refractivity contribution in [2.75, 3.05) is 19.5 Å². The van der Waals surface area contributed by atoms with Crippen LogP contribution in [0.15, 0.2) is 34.9 Å². The van der Waals surface area contributed by atoms with Gasteiger partial charge in [0.2, 0.25) is 0 Å². The number of hydrogen-bond acceptors (Lipinski definition) is 6. The first kappa shape index (κ1) is 22.7. The Bertz CT molecular complexity index is 1360. The maximum Gasteiger partial charge on any atom is 0.256 e. The van der Waals surface area contributed by atoms with E-state index in [1.54, 1.807) is 29.1 Å². The van der Waals surface area contributed by atoms with Gasteiger partial charge in [0, 0.05) is 23.7 Å². The van der Waals surface area contributed by atoms with Crippen molar-refractivity contribution < 1.29 is 18.7 Å². The summed E-state index contributed by atoms with van der Waals surface area (Å²) in [5.41, 5.74) is 2.89. The van der Waals surface area contributed by atoms with Crippen molar-refractivity contribution in [2.24, 2.45) is 0 Å². The molecule has 1 amide bonds. The number of pyridine rings is 1. The van der Waals surface area contributed by atoms with Crippen LogP contribution in [0.1, 0.15) is 41.8 Å². The lowest BCUT2D eigenvalue weighted by atomic mass is 10.1. The van der Waals surface area contributed by atoms with E-state index in [0.717, 1.165) is 17.1 Å². The van der Waals surface area contributed by atoms with Gasteiger partial charge >= 0.3 is 0 Å². The van der Waals surface area contributed by atoms with E-state index in [-0.39, 0.29) is 11.9 Å². The lowest BCUT2D eigenvalue weighted by Crippen LogP contribution is -2.14. The van der Waals surface area contributed by atoms with Crippen LogP contribution in [0, 0.1) is 13.8 Å². The Morgan fingerprint density at radius 2 is 1.82 bits per heavy atom. The minimum Gasteiger partial charge on any atom is -0.493 e. The summed E-state index contributed by atoms with van der Waals surface area (Å²) in [5, 5.41) is 8.31. The van der Waals surface area contributed by atoms with Gasteiger partial charge in [-0.15, -0.1) is 0 Å². The van der Waals surface area contributed by atoms with Gasteiger partial charge in [0.05, 0.1) is 47.8 Å². The number of hydrogen-bond donors (Lipinski definition) is 1. The Balaban J connectivity index is 1.84. The molecule has 0 saturated carbocycles. The zero-order valence-electron chi connectivity index (χ0n) is 19.3. The average Bonchev–Trinajstić information content (AvgIpc) is 3.36. The number of ether oxygens (including phenoxy) is 2. The Hall–Kier alpha value is -3.52.